The average Bonchev–Trinajstić information content (AvgIpc) is 3.16. The number of methoxy groups -OCH3 is 1. The van der Waals surface area contributed by atoms with E-state index in [1.807, 2.05) is 0 Å². The van der Waals surface area contributed by atoms with Crippen LogP contribution in [0.2, 0.25) is 0 Å². The lowest BCUT2D eigenvalue weighted by Crippen LogP contribution is -2.32. The fourth-order valence-corrected chi connectivity index (χ4v) is 3.80. The maximum atomic E-state index is 13.0. The van der Waals surface area contributed by atoms with Gasteiger partial charge in [-0.05, 0) is 79.7 Å². The van der Waals surface area contributed by atoms with E-state index in [1.54, 1.807) is 6.92 Å². The number of amides is 2. The molecule has 0 bridgehead atoms. The number of rotatable bonds is 8. The van der Waals surface area contributed by atoms with Crippen LogP contribution in [0.3, 0.4) is 0 Å². The molecule has 1 heterocycles. The fourth-order valence-electron chi connectivity index (χ4n) is 3.58. The number of hydrogen-bond donors (Lipinski definition) is 1. The minimum atomic E-state index is -0.730. The van der Waals surface area contributed by atoms with E-state index in [0.717, 1.165) is 4.90 Å². The molecule has 3 aromatic carbocycles. The summed E-state index contributed by atoms with van der Waals surface area (Å²) in [7, 11) is 1.27. The lowest BCUT2D eigenvalue weighted by atomic mass is 10.2. The van der Waals surface area contributed by atoms with Gasteiger partial charge in [0.25, 0.3) is 11.8 Å². The molecule has 0 fully saturated rings. The third-order valence-corrected chi connectivity index (χ3v) is 5.89. The van der Waals surface area contributed by atoms with Gasteiger partial charge in [0, 0.05) is 5.69 Å². The quantitative estimate of drug-likeness (QED) is 0.249. The predicted molar refractivity (Wildman–Crippen MR) is 141 cm³/mol. The van der Waals surface area contributed by atoms with Crippen LogP contribution in [0.15, 0.2) is 83.5 Å². The number of benzene rings is 3. The molecule has 11 heteroatoms. The molecule has 0 radical (unpaired) electrons. The smallest absolute Gasteiger partial charge is 0.343 e. The van der Waals surface area contributed by atoms with E-state index in [1.165, 1.54) is 79.9 Å². The highest BCUT2D eigenvalue weighted by atomic mass is 35.5. The Kier molecular flexibility index (Phi) is 8.07. The first-order valence-corrected chi connectivity index (χ1v) is 11.9. The zero-order chi connectivity index (χ0) is 28.1. The van der Waals surface area contributed by atoms with Crippen LogP contribution in [0.5, 0.6) is 5.75 Å². The van der Waals surface area contributed by atoms with Crippen molar-refractivity contribution in [1.82, 2.24) is 0 Å². The number of ether oxygens (including phenoxy) is 3. The minimum absolute atomic E-state index is 0.142. The van der Waals surface area contributed by atoms with Crippen molar-refractivity contribution in [2.75, 3.05) is 23.9 Å². The monoisotopic (exact) mass is 548 g/mol. The Morgan fingerprint density at radius 3 is 1.90 bits per heavy atom. The summed E-state index contributed by atoms with van der Waals surface area (Å²) in [6, 6.07) is 17.6. The molecule has 0 saturated heterocycles. The van der Waals surface area contributed by atoms with Gasteiger partial charge in [-0.15, -0.1) is 0 Å². The summed E-state index contributed by atoms with van der Waals surface area (Å²) >= 11 is 6.18. The lowest BCUT2D eigenvalue weighted by molar-refractivity contribution is -0.120. The lowest BCUT2D eigenvalue weighted by Gasteiger charge is -2.15. The normalized spacial score (nSPS) is 12.8. The van der Waals surface area contributed by atoms with Gasteiger partial charge in [0.05, 0.1) is 36.1 Å². The average molecular weight is 549 g/mol. The van der Waals surface area contributed by atoms with Gasteiger partial charge in [-0.1, -0.05) is 11.6 Å². The second-order valence-corrected chi connectivity index (χ2v) is 8.39. The van der Waals surface area contributed by atoms with Gasteiger partial charge in [-0.2, -0.15) is 0 Å². The summed E-state index contributed by atoms with van der Waals surface area (Å²) in [6.07, 6.45) is 0. The second kappa shape index (κ2) is 11.6. The highest BCUT2D eigenvalue weighted by molar-refractivity contribution is 6.53. The van der Waals surface area contributed by atoms with Crippen molar-refractivity contribution in [3.8, 4) is 5.75 Å². The number of hydrogen-bond acceptors (Lipinski definition) is 9. The number of halogens is 1. The Morgan fingerprint density at radius 2 is 1.31 bits per heavy atom. The van der Waals surface area contributed by atoms with Gasteiger partial charge in [-0.25, -0.2) is 19.3 Å². The molecular weight excluding hydrogens is 528 g/mol. The topological polar surface area (TPSA) is 128 Å². The summed E-state index contributed by atoms with van der Waals surface area (Å²) in [5.74, 6) is -2.86. The van der Waals surface area contributed by atoms with Crippen molar-refractivity contribution in [3.63, 3.8) is 0 Å². The molecule has 10 nitrogen and oxygen atoms in total. The van der Waals surface area contributed by atoms with Gasteiger partial charge in [0.2, 0.25) is 0 Å². The zero-order valence-corrected chi connectivity index (χ0v) is 21.5. The van der Waals surface area contributed by atoms with Crippen LogP contribution in [-0.2, 0) is 19.1 Å². The second-order valence-electron chi connectivity index (χ2n) is 8.01. The number of carbonyl (C=O) groups is 5. The molecule has 0 aliphatic carbocycles. The largest absolute Gasteiger partial charge is 0.465 e. The maximum Gasteiger partial charge on any atom is 0.343 e. The highest BCUT2D eigenvalue weighted by Gasteiger charge is 2.39. The molecule has 0 spiro atoms. The Bertz CT molecular complexity index is 1480. The Hall–Kier alpha value is -4.96. The van der Waals surface area contributed by atoms with E-state index < -0.39 is 29.7 Å². The third-order valence-electron chi connectivity index (χ3n) is 5.54. The van der Waals surface area contributed by atoms with Crippen molar-refractivity contribution in [2.45, 2.75) is 6.92 Å². The van der Waals surface area contributed by atoms with Gasteiger partial charge >= 0.3 is 17.9 Å². The van der Waals surface area contributed by atoms with E-state index in [2.05, 4.69) is 10.1 Å². The van der Waals surface area contributed by atoms with Gasteiger partial charge in [0.1, 0.15) is 16.5 Å². The molecule has 1 N–H and O–H groups in total. The van der Waals surface area contributed by atoms with Gasteiger partial charge in [-0.3, -0.25) is 9.59 Å². The summed E-state index contributed by atoms with van der Waals surface area (Å²) in [6.45, 7) is 1.90. The number of carbonyl (C=O) groups excluding carboxylic acids is 5. The zero-order valence-electron chi connectivity index (χ0n) is 20.7. The van der Waals surface area contributed by atoms with E-state index in [4.69, 9.17) is 21.1 Å². The maximum absolute atomic E-state index is 13.0. The Labute approximate surface area is 227 Å². The van der Waals surface area contributed by atoms with Crippen molar-refractivity contribution in [3.05, 3.63) is 100 Å². The SMILES string of the molecule is CCOC(=O)c1ccc(N2C(=O)C(Cl)=C(Nc3ccc(C(=O)Oc4ccc(C(=O)OC)cc4)cc3)C2=O)cc1. The standard InChI is InChI=1S/C28H21ClN2O8/c1-3-38-27(35)17-6-12-20(13-7-17)31-24(32)22(29)23(25(31)33)30-19-10-4-18(5-11-19)28(36)39-21-14-8-16(9-15-21)26(34)37-2/h4-15,30H,3H2,1-2H3. The number of anilines is 2. The number of nitrogens with zero attached hydrogens (tertiary/aromatic N) is 1. The molecule has 3 aromatic rings. The van der Waals surface area contributed by atoms with E-state index in [-0.39, 0.29) is 39.9 Å². The molecule has 0 aromatic heterocycles. The van der Waals surface area contributed by atoms with Gasteiger partial charge < -0.3 is 19.5 Å². The molecular formula is C28H21ClN2O8. The highest BCUT2D eigenvalue weighted by Crippen LogP contribution is 2.30. The summed E-state index contributed by atoms with van der Waals surface area (Å²) in [4.78, 5) is 62.5. The van der Waals surface area contributed by atoms with Crippen molar-refractivity contribution < 1.29 is 38.2 Å². The molecule has 0 saturated carbocycles. The van der Waals surface area contributed by atoms with Crippen LogP contribution in [0.25, 0.3) is 0 Å². The fraction of sp³-hybridized carbons (Fsp3) is 0.107. The third kappa shape index (κ3) is 5.81. The molecule has 1 aliphatic rings. The summed E-state index contributed by atoms with van der Waals surface area (Å²) in [5.41, 5.74) is 1.28. The van der Waals surface area contributed by atoms with E-state index >= 15 is 0 Å². The van der Waals surface area contributed by atoms with Crippen molar-refractivity contribution in [2.24, 2.45) is 0 Å². The summed E-state index contributed by atoms with van der Waals surface area (Å²) < 4.78 is 14.9. The Morgan fingerprint density at radius 1 is 0.769 bits per heavy atom. The molecule has 0 unspecified atom stereocenters. The van der Waals surface area contributed by atoms with Crippen LogP contribution in [-0.4, -0.2) is 43.4 Å². The van der Waals surface area contributed by atoms with Crippen LogP contribution in [0.1, 0.15) is 38.0 Å². The van der Waals surface area contributed by atoms with Crippen molar-refractivity contribution in [1.29, 1.82) is 0 Å². The van der Waals surface area contributed by atoms with Crippen LogP contribution < -0.4 is 15.0 Å². The number of imide groups is 1. The minimum Gasteiger partial charge on any atom is -0.465 e. The number of nitrogens with one attached hydrogen (secondary N) is 1. The molecule has 0 atom stereocenters. The first-order chi connectivity index (χ1) is 18.7. The first kappa shape index (κ1) is 27.1. The molecule has 198 valence electrons. The molecule has 4 rings (SSSR count). The van der Waals surface area contributed by atoms with Crippen LogP contribution >= 0.6 is 11.6 Å². The van der Waals surface area contributed by atoms with Crippen LogP contribution in [0, 0.1) is 0 Å². The molecule has 1 aliphatic heterocycles. The number of esters is 3. The van der Waals surface area contributed by atoms with Crippen LogP contribution in [0.4, 0.5) is 11.4 Å². The van der Waals surface area contributed by atoms with Crippen molar-refractivity contribution >= 4 is 52.7 Å². The first-order valence-electron chi connectivity index (χ1n) is 11.6. The van der Waals surface area contributed by atoms with E-state index in [0.29, 0.717) is 11.3 Å². The van der Waals surface area contributed by atoms with E-state index in [9.17, 15) is 24.0 Å². The predicted octanol–water partition coefficient (Wildman–Crippen LogP) is 4.30. The molecule has 2 amide bonds. The van der Waals surface area contributed by atoms with Gasteiger partial charge in [0.15, 0.2) is 0 Å². The summed E-state index contributed by atoms with van der Waals surface area (Å²) in [5, 5.41) is 2.51. The Balaban J connectivity index is 1.42. The molecule has 39 heavy (non-hydrogen) atoms.